The van der Waals surface area contributed by atoms with Crippen LogP contribution in [0, 0.1) is 0 Å². The number of fused-ring (bicyclic) bond motifs is 1. The van der Waals surface area contributed by atoms with Gasteiger partial charge in [-0.25, -0.2) is 9.97 Å². The molecule has 0 bridgehead atoms. The van der Waals surface area contributed by atoms with Gasteiger partial charge in [-0.1, -0.05) is 6.07 Å². The van der Waals surface area contributed by atoms with Gasteiger partial charge in [-0.15, -0.1) is 0 Å². The van der Waals surface area contributed by atoms with Crippen LogP contribution < -0.4 is 20.1 Å². The number of hydrogen-bond acceptors (Lipinski definition) is 7. The summed E-state index contributed by atoms with van der Waals surface area (Å²) in [7, 11) is 0. The van der Waals surface area contributed by atoms with Crippen molar-refractivity contribution in [1.82, 2.24) is 9.97 Å². The number of furan rings is 1. The van der Waals surface area contributed by atoms with Crippen LogP contribution in [0.15, 0.2) is 53.4 Å². The highest BCUT2D eigenvalue weighted by molar-refractivity contribution is 5.48. The summed E-state index contributed by atoms with van der Waals surface area (Å²) in [5.41, 5.74) is 1.09. The van der Waals surface area contributed by atoms with Gasteiger partial charge in [0, 0.05) is 12.6 Å². The number of aromatic nitrogens is 2. The first kappa shape index (κ1) is 14.4. The maximum Gasteiger partial charge on any atom is 0.231 e. The third-order valence-corrected chi connectivity index (χ3v) is 3.60. The Morgan fingerprint density at radius 3 is 2.58 bits per heavy atom. The van der Waals surface area contributed by atoms with Gasteiger partial charge in [-0.3, -0.25) is 0 Å². The van der Waals surface area contributed by atoms with E-state index in [1.54, 1.807) is 6.26 Å². The Labute approximate surface area is 138 Å². The largest absolute Gasteiger partial charge is 0.467 e. The summed E-state index contributed by atoms with van der Waals surface area (Å²) in [5.74, 6) is 3.88. The van der Waals surface area contributed by atoms with Crippen LogP contribution in [0.2, 0.25) is 0 Å². The van der Waals surface area contributed by atoms with Crippen molar-refractivity contribution >= 4 is 11.6 Å². The van der Waals surface area contributed by atoms with Crippen molar-refractivity contribution in [3.8, 4) is 11.5 Å². The average molecular weight is 324 g/mol. The van der Waals surface area contributed by atoms with Crippen molar-refractivity contribution < 1.29 is 13.9 Å². The minimum absolute atomic E-state index is 0.281. The SMILES string of the molecule is c1coc(CNc2cc(NCc3ccc4c(c3)OCO4)ncn2)c1. The molecule has 2 aromatic heterocycles. The molecule has 0 unspecified atom stereocenters. The van der Waals surface area contributed by atoms with Crippen LogP contribution in [-0.4, -0.2) is 16.8 Å². The van der Waals surface area contributed by atoms with E-state index in [9.17, 15) is 0 Å². The zero-order valence-corrected chi connectivity index (χ0v) is 12.9. The molecule has 0 amide bonds. The van der Waals surface area contributed by atoms with E-state index in [2.05, 4.69) is 20.6 Å². The van der Waals surface area contributed by atoms with Gasteiger partial charge in [-0.05, 0) is 29.8 Å². The molecule has 3 aromatic rings. The molecule has 24 heavy (non-hydrogen) atoms. The van der Waals surface area contributed by atoms with Gasteiger partial charge in [0.15, 0.2) is 11.5 Å². The Hall–Kier alpha value is -3.22. The Morgan fingerprint density at radius 1 is 0.917 bits per heavy atom. The monoisotopic (exact) mass is 324 g/mol. The highest BCUT2D eigenvalue weighted by Crippen LogP contribution is 2.32. The molecule has 0 fully saturated rings. The molecule has 4 rings (SSSR count). The third-order valence-electron chi connectivity index (χ3n) is 3.60. The first-order valence-electron chi connectivity index (χ1n) is 7.57. The number of rotatable bonds is 6. The van der Waals surface area contributed by atoms with Gasteiger partial charge in [0.2, 0.25) is 6.79 Å². The van der Waals surface area contributed by atoms with E-state index >= 15 is 0 Å². The third kappa shape index (κ3) is 3.24. The van der Waals surface area contributed by atoms with Gasteiger partial charge in [0.25, 0.3) is 0 Å². The van der Waals surface area contributed by atoms with Gasteiger partial charge in [0.1, 0.15) is 23.7 Å². The smallest absolute Gasteiger partial charge is 0.231 e. The van der Waals surface area contributed by atoms with E-state index < -0.39 is 0 Å². The van der Waals surface area contributed by atoms with E-state index in [1.807, 2.05) is 36.4 Å². The molecule has 2 N–H and O–H groups in total. The second-order valence-corrected chi connectivity index (χ2v) is 5.26. The lowest BCUT2D eigenvalue weighted by Gasteiger charge is -2.08. The molecule has 7 heteroatoms. The average Bonchev–Trinajstić information content (AvgIpc) is 3.29. The fourth-order valence-corrected chi connectivity index (χ4v) is 2.39. The van der Waals surface area contributed by atoms with Gasteiger partial charge in [-0.2, -0.15) is 0 Å². The van der Waals surface area contributed by atoms with E-state index in [0.717, 1.165) is 34.5 Å². The molecule has 7 nitrogen and oxygen atoms in total. The van der Waals surface area contributed by atoms with Crippen LogP contribution in [0.1, 0.15) is 11.3 Å². The minimum Gasteiger partial charge on any atom is -0.467 e. The lowest BCUT2D eigenvalue weighted by atomic mass is 10.2. The summed E-state index contributed by atoms with van der Waals surface area (Å²) in [6.07, 6.45) is 3.17. The fourth-order valence-electron chi connectivity index (χ4n) is 2.39. The maximum atomic E-state index is 5.38. The van der Waals surface area contributed by atoms with E-state index in [4.69, 9.17) is 13.9 Å². The van der Waals surface area contributed by atoms with E-state index in [0.29, 0.717) is 13.1 Å². The van der Waals surface area contributed by atoms with Crippen molar-refractivity contribution in [3.63, 3.8) is 0 Å². The molecule has 0 radical (unpaired) electrons. The van der Waals surface area contributed by atoms with Crippen LogP contribution in [0.25, 0.3) is 0 Å². The van der Waals surface area contributed by atoms with Crippen LogP contribution in [0.4, 0.5) is 11.6 Å². The van der Waals surface area contributed by atoms with Crippen molar-refractivity contribution in [2.24, 2.45) is 0 Å². The predicted octanol–water partition coefficient (Wildman–Crippen LogP) is 3.02. The summed E-state index contributed by atoms with van der Waals surface area (Å²) in [5, 5.41) is 6.47. The number of ether oxygens (including phenoxy) is 2. The predicted molar refractivity (Wildman–Crippen MR) is 88.0 cm³/mol. The summed E-state index contributed by atoms with van der Waals surface area (Å²) < 4.78 is 16.0. The minimum atomic E-state index is 0.281. The molecular formula is C17H16N4O3. The maximum absolute atomic E-state index is 5.38. The van der Waals surface area contributed by atoms with Crippen LogP contribution in [0.3, 0.4) is 0 Å². The number of nitrogens with one attached hydrogen (secondary N) is 2. The molecular weight excluding hydrogens is 308 g/mol. The molecule has 0 atom stereocenters. The molecule has 1 aliphatic rings. The normalized spacial score (nSPS) is 12.2. The number of hydrogen-bond donors (Lipinski definition) is 2. The Bertz CT molecular complexity index is 820. The Kier molecular flexibility index (Phi) is 3.89. The fraction of sp³-hybridized carbons (Fsp3) is 0.176. The van der Waals surface area contributed by atoms with Crippen molar-refractivity contribution in [2.45, 2.75) is 13.1 Å². The molecule has 1 aromatic carbocycles. The number of benzene rings is 1. The van der Waals surface area contributed by atoms with Crippen molar-refractivity contribution in [1.29, 1.82) is 0 Å². The van der Waals surface area contributed by atoms with Crippen LogP contribution >= 0.6 is 0 Å². The second kappa shape index (κ2) is 6.49. The molecule has 122 valence electrons. The van der Waals surface area contributed by atoms with Gasteiger partial charge < -0.3 is 24.5 Å². The second-order valence-electron chi connectivity index (χ2n) is 5.26. The standard InChI is InChI=1S/C17H16N4O3/c1-2-13(22-5-1)9-19-17-7-16(20-10-21-17)18-8-12-3-4-14-15(6-12)24-11-23-14/h1-7,10H,8-9,11H2,(H2,18,19,20,21). The number of anilines is 2. The zero-order valence-electron chi connectivity index (χ0n) is 12.9. The number of nitrogens with zero attached hydrogens (tertiary/aromatic N) is 2. The first-order chi connectivity index (χ1) is 11.9. The quantitative estimate of drug-likeness (QED) is 0.721. The van der Waals surface area contributed by atoms with Crippen molar-refractivity contribution in [3.05, 3.63) is 60.3 Å². The van der Waals surface area contributed by atoms with E-state index in [1.165, 1.54) is 6.33 Å². The van der Waals surface area contributed by atoms with Crippen LogP contribution in [-0.2, 0) is 13.1 Å². The molecule has 0 saturated carbocycles. The lowest BCUT2D eigenvalue weighted by Crippen LogP contribution is -2.05. The molecule has 0 saturated heterocycles. The lowest BCUT2D eigenvalue weighted by molar-refractivity contribution is 0.174. The highest BCUT2D eigenvalue weighted by atomic mass is 16.7. The first-order valence-corrected chi connectivity index (χ1v) is 7.57. The highest BCUT2D eigenvalue weighted by Gasteiger charge is 2.13. The van der Waals surface area contributed by atoms with Gasteiger partial charge >= 0.3 is 0 Å². The zero-order chi connectivity index (χ0) is 16.2. The summed E-state index contributed by atoms with van der Waals surface area (Å²) in [6.45, 7) is 1.49. The topological polar surface area (TPSA) is 81.4 Å². The van der Waals surface area contributed by atoms with Crippen molar-refractivity contribution in [2.75, 3.05) is 17.4 Å². The summed E-state index contributed by atoms with van der Waals surface area (Å²) in [4.78, 5) is 8.43. The molecule has 3 heterocycles. The summed E-state index contributed by atoms with van der Waals surface area (Å²) in [6, 6.07) is 11.5. The Morgan fingerprint density at radius 2 is 1.75 bits per heavy atom. The van der Waals surface area contributed by atoms with Crippen LogP contribution in [0.5, 0.6) is 11.5 Å². The molecule has 1 aliphatic heterocycles. The Balaban J connectivity index is 1.37. The summed E-state index contributed by atoms with van der Waals surface area (Å²) >= 11 is 0. The molecule has 0 spiro atoms. The molecule has 0 aliphatic carbocycles. The van der Waals surface area contributed by atoms with E-state index in [-0.39, 0.29) is 6.79 Å². The van der Waals surface area contributed by atoms with Gasteiger partial charge in [0.05, 0.1) is 12.8 Å².